The number of Topliss-reactive ketones (excluding diaryl/α,β-unsaturated/α-hetero) is 1. The van der Waals surface area contributed by atoms with Crippen molar-refractivity contribution in [1.29, 1.82) is 0 Å². The summed E-state index contributed by atoms with van der Waals surface area (Å²) in [7, 11) is 1.51. The Labute approximate surface area is 165 Å². The number of aliphatic hydroxyl groups excluding tert-OH is 2. The van der Waals surface area contributed by atoms with Gasteiger partial charge in [0.1, 0.15) is 11.7 Å². The third-order valence-electron chi connectivity index (χ3n) is 8.27. The fourth-order valence-corrected chi connectivity index (χ4v) is 6.77. The van der Waals surface area contributed by atoms with Crippen molar-refractivity contribution in [1.82, 2.24) is 5.43 Å². The minimum atomic E-state index is -1.84. The Morgan fingerprint density at radius 2 is 2.04 bits per heavy atom. The first-order valence-electron chi connectivity index (χ1n) is 10.1. The van der Waals surface area contributed by atoms with Crippen molar-refractivity contribution < 1.29 is 20.1 Å². The number of nitrogens with zero attached hydrogens (tertiary/aromatic N) is 2. The van der Waals surface area contributed by atoms with Crippen molar-refractivity contribution in [3.63, 3.8) is 0 Å². The van der Waals surface area contributed by atoms with Crippen molar-refractivity contribution in [2.45, 2.75) is 51.9 Å². The molecular weight excluding hydrogens is 358 g/mol. The fraction of sp³-hybridized carbons (Fsp3) is 0.762. The van der Waals surface area contributed by atoms with Crippen molar-refractivity contribution in [3.8, 4) is 0 Å². The van der Waals surface area contributed by atoms with E-state index >= 15 is 0 Å². The first kappa shape index (κ1) is 19.7. The number of allylic oxidation sites excluding steroid dienone is 1. The van der Waals surface area contributed by atoms with Gasteiger partial charge in [-0.2, -0.15) is 5.11 Å². The van der Waals surface area contributed by atoms with Gasteiger partial charge in [-0.3, -0.25) is 10.2 Å². The summed E-state index contributed by atoms with van der Waals surface area (Å²) >= 11 is 0. The van der Waals surface area contributed by atoms with Crippen LogP contribution in [0.1, 0.15) is 34.1 Å². The lowest BCUT2D eigenvalue weighted by molar-refractivity contribution is -0.170. The first-order chi connectivity index (χ1) is 13.1. The van der Waals surface area contributed by atoms with Gasteiger partial charge >= 0.3 is 0 Å². The highest BCUT2D eigenvalue weighted by molar-refractivity contribution is 5.95. The van der Waals surface area contributed by atoms with Crippen LogP contribution in [0.4, 0.5) is 0 Å². The van der Waals surface area contributed by atoms with Gasteiger partial charge in [0.15, 0.2) is 5.78 Å². The molecule has 0 aromatic rings. The Hall–Kier alpha value is -1.57. The SMILES string of the molecule is C/N=N\N[C@H]1C(C)=C[C@]23C(=O)[C@@H](C=C(CO)[C@@H](O)[C@]12O)[C@H]1[C@@H](C[C@H]3C)C1(C)C. The third kappa shape index (κ3) is 2.07. The van der Waals surface area contributed by atoms with E-state index in [1.165, 1.54) is 7.05 Å². The van der Waals surface area contributed by atoms with Crippen molar-refractivity contribution >= 4 is 5.78 Å². The van der Waals surface area contributed by atoms with Crippen LogP contribution < -0.4 is 5.43 Å². The number of hydrogen-bond acceptors (Lipinski definition) is 6. The van der Waals surface area contributed by atoms with E-state index in [-0.39, 0.29) is 23.0 Å². The average molecular weight is 389 g/mol. The quantitative estimate of drug-likeness (QED) is 0.331. The van der Waals surface area contributed by atoms with Gasteiger partial charge in [-0.25, -0.2) is 0 Å². The number of fused-ring (bicyclic) bond motifs is 3. The van der Waals surface area contributed by atoms with E-state index in [0.29, 0.717) is 11.5 Å². The monoisotopic (exact) mass is 389 g/mol. The summed E-state index contributed by atoms with van der Waals surface area (Å²) in [5.74, 6) is -0.103. The van der Waals surface area contributed by atoms with E-state index in [0.717, 1.165) is 12.0 Å². The summed E-state index contributed by atoms with van der Waals surface area (Å²) < 4.78 is 0. The highest BCUT2D eigenvalue weighted by Gasteiger charge is 2.75. The largest absolute Gasteiger partial charge is 0.392 e. The fourth-order valence-electron chi connectivity index (χ4n) is 6.77. The van der Waals surface area contributed by atoms with Gasteiger partial charge in [0, 0.05) is 5.92 Å². The lowest BCUT2D eigenvalue weighted by atomic mass is 9.58. The maximum Gasteiger partial charge on any atom is 0.153 e. The Morgan fingerprint density at radius 1 is 1.36 bits per heavy atom. The van der Waals surface area contributed by atoms with Crippen LogP contribution in [-0.4, -0.2) is 52.5 Å². The Bertz CT molecular complexity index is 803. The zero-order valence-electron chi connectivity index (χ0n) is 17.2. The molecule has 28 heavy (non-hydrogen) atoms. The molecule has 4 aliphatic rings. The molecule has 0 aliphatic heterocycles. The van der Waals surface area contributed by atoms with E-state index in [4.69, 9.17) is 0 Å². The van der Waals surface area contributed by atoms with Crippen LogP contribution in [0.5, 0.6) is 0 Å². The highest BCUT2D eigenvalue weighted by Crippen LogP contribution is 2.71. The second kappa shape index (κ2) is 5.97. The summed E-state index contributed by atoms with van der Waals surface area (Å²) in [6, 6.07) is -0.770. The summed E-state index contributed by atoms with van der Waals surface area (Å²) in [4.78, 5) is 14.0. The molecule has 154 valence electrons. The summed E-state index contributed by atoms with van der Waals surface area (Å²) in [5, 5.41) is 40.9. The molecular formula is C21H31N3O4. The molecule has 2 fully saturated rings. The van der Waals surface area contributed by atoms with Gasteiger partial charge in [0.2, 0.25) is 0 Å². The number of aliphatic hydroxyl groups is 3. The standard InChI is InChI=1S/C21H31N3O4/c1-10-8-20-11(2)6-14-15(19(14,3)4)13(18(20)27)7-12(9-25)17(26)21(20,28)16(10)23-24-22-5/h7-8,11,13-17,25-26,28H,6,9H2,1-5H3,(H,22,23)/t11-,13+,14-,15+,16+,17-,20+,21-/m1/s1. The molecule has 8 atom stereocenters. The Kier molecular flexibility index (Phi) is 4.21. The van der Waals surface area contributed by atoms with E-state index in [1.807, 2.05) is 19.9 Å². The molecule has 7 nitrogen and oxygen atoms in total. The molecule has 0 heterocycles. The zero-order chi connectivity index (χ0) is 20.6. The molecule has 0 saturated heterocycles. The second-order valence-corrected chi connectivity index (χ2v) is 9.73. The van der Waals surface area contributed by atoms with Crippen LogP contribution in [0, 0.1) is 34.5 Å². The van der Waals surface area contributed by atoms with Crippen LogP contribution in [-0.2, 0) is 4.79 Å². The van der Waals surface area contributed by atoms with Crippen molar-refractivity contribution in [3.05, 3.63) is 23.3 Å². The summed E-state index contributed by atoms with van der Waals surface area (Å²) in [5.41, 5.74) is 0.855. The number of nitrogens with one attached hydrogen (secondary N) is 1. The lowest BCUT2D eigenvalue weighted by Gasteiger charge is -2.49. The maximum atomic E-state index is 14.0. The number of hydrogen-bond donors (Lipinski definition) is 4. The molecule has 1 spiro atoms. The van der Waals surface area contributed by atoms with Gasteiger partial charge < -0.3 is 15.3 Å². The first-order valence-corrected chi connectivity index (χ1v) is 10.1. The third-order valence-corrected chi connectivity index (χ3v) is 8.27. The lowest BCUT2D eigenvalue weighted by Crippen LogP contribution is -2.67. The Balaban J connectivity index is 1.95. The molecule has 2 saturated carbocycles. The molecule has 2 bridgehead atoms. The van der Waals surface area contributed by atoms with Crippen LogP contribution in [0.15, 0.2) is 33.6 Å². The number of rotatable bonds is 3. The topological polar surface area (TPSA) is 115 Å². The van der Waals surface area contributed by atoms with Crippen molar-refractivity contribution in [2.24, 2.45) is 44.8 Å². The highest BCUT2D eigenvalue weighted by atomic mass is 16.3. The molecule has 7 heteroatoms. The minimum Gasteiger partial charge on any atom is -0.392 e. The molecule has 0 amide bonds. The van der Waals surface area contributed by atoms with Crippen LogP contribution in [0.2, 0.25) is 0 Å². The molecule has 4 rings (SSSR count). The van der Waals surface area contributed by atoms with E-state index in [2.05, 4.69) is 29.6 Å². The normalized spacial score (nSPS) is 48.9. The van der Waals surface area contributed by atoms with Crippen LogP contribution in [0.3, 0.4) is 0 Å². The molecule has 4 N–H and O–H groups in total. The molecule has 0 aromatic heterocycles. The van der Waals surface area contributed by atoms with Crippen LogP contribution >= 0.6 is 0 Å². The van der Waals surface area contributed by atoms with Gasteiger partial charge in [0.05, 0.1) is 25.1 Å². The smallest absolute Gasteiger partial charge is 0.153 e. The number of carbonyl (C=O) groups is 1. The minimum absolute atomic E-state index is 0.0338. The van der Waals surface area contributed by atoms with Gasteiger partial charge in [-0.15, -0.1) is 0 Å². The molecule has 0 unspecified atom stereocenters. The number of ketones is 1. The predicted molar refractivity (Wildman–Crippen MR) is 103 cm³/mol. The van der Waals surface area contributed by atoms with E-state index in [1.54, 1.807) is 6.08 Å². The second-order valence-electron chi connectivity index (χ2n) is 9.73. The summed E-state index contributed by atoms with van der Waals surface area (Å²) in [6.45, 7) is 7.80. The molecule has 0 radical (unpaired) electrons. The van der Waals surface area contributed by atoms with Gasteiger partial charge in [0.25, 0.3) is 0 Å². The van der Waals surface area contributed by atoms with Gasteiger partial charge in [-0.1, -0.05) is 38.1 Å². The van der Waals surface area contributed by atoms with Crippen molar-refractivity contribution in [2.75, 3.05) is 13.7 Å². The average Bonchev–Trinajstić information content (AvgIpc) is 3.12. The van der Waals surface area contributed by atoms with Gasteiger partial charge in [-0.05, 0) is 47.7 Å². The maximum absolute atomic E-state index is 14.0. The van der Waals surface area contributed by atoms with E-state index < -0.39 is 35.7 Å². The molecule has 0 aromatic carbocycles. The van der Waals surface area contributed by atoms with Crippen LogP contribution in [0.25, 0.3) is 0 Å². The summed E-state index contributed by atoms with van der Waals surface area (Å²) in [6.07, 6.45) is 3.01. The predicted octanol–water partition coefficient (Wildman–Crippen LogP) is 1.41. The Morgan fingerprint density at radius 3 is 2.64 bits per heavy atom. The molecule has 4 aliphatic carbocycles. The zero-order valence-corrected chi connectivity index (χ0v) is 17.2. The number of carbonyl (C=O) groups excluding carboxylic acids is 1. The van der Waals surface area contributed by atoms with E-state index in [9.17, 15) is 20.1 Å².